The Morgan fingerprint density at radius 2 is 1.06 bits per heavy atom. The monoisotopic (exact) mass is 646 g/mol. The highest BCUT2D eigenvalue weighted by Crippen LogP contribution is 2.41. The topological polar surface area (TPSA) is 16.4 Å². The second-order valence-corrected chi connectivity index (χ2v) is 12.2. The van der Waals surface area contributed by atoms with E-state index in [-0.39, 0.29) is 34.7 Å². The van der Waals surface area contributed by atoms with Crippen molar-refractivity contribution in [2.45, 2.75) is 0 Å². The van der Waals surface area contributed by atoms with Crippen LogP contribution in [-0.4, -0.2) is 0 Å². The largest absolute Gasteiger partial charge is 0.455 e. The van der Waals surface area contributed by atoms with E-state index in [0.717, 1.165) is 59.8 Å². The minimum Gasteiger partial charge on any atom is -0.455 e. The molecule has 0 saturated carbocycles. The molecule has 0 saturated heterocycles. The first kappa shape index (κ1) is 20.7. The molecule has 50 heavy (non-hydrogen) atoms. The van der Waals surface area contributed by atoms with E-state index >= 15 is 0 Å². The van der Waals surface area contributed by atoms with E-state index in [1.807, 2.05) is 109 Å². The van der Waals surface area contributed by atoms with Crippen molar-refractivity contribution in [3.8, 4) is 22.3 Å². The minimum atomic E-state index is -0.593. The molecule has 0 bridgehead atoms. The highest BCUT2D eigenvalue weighted by Gasteiger charge is 2.17. The van der Waals surface area contributed by atoms with Crippen molar-refractivity contribution in [3.05, 3.63) is 188 Å². The average Bonchev–Trinajstić information content (AvgIpc) is 3.66. The van der Waals surface area contributed by atoms with E-state index in [1.54, 1.807) is 18.2 Å². The lowest BCUT2D eigenvalue weighted by atomic mass is 9.97. The number of fused-ring (bicyclic) bond motifs is 8. The third-order valence-electron chi connectivity index (χ3n) is 9.40. The maximum atomic E-state index is 9.40. The van der Waals surface area contributed by atoms with Crippen molar-refractivity contribution in [1.29, 1.82) is 0 Å². The Bertz CT molecular complexity index is 3340. The lowest BCUT2D eigenvalue weighted by Gasteiger charge is -2.26. The van der Waals surface area contributed by atoms with Gasteiger partial charge in [-0.1, -0.05) is 133 Å². The van der Waals surface area contributed by atoms with E-state index < -0.39 is 42.3 Å². The Hall–Kier alpha value is -6.64. The van der Waals surface area contributed by atoms with Gasteiger partial charge < -0.3 is 9.32 Å². The van der Waals surface area contributed by atoms with Crippen LogP contribution in [0.4, 0.5) is 17.1 Å². The van der Waals surface area contributed by atoms with E-state index in [9.17, 15) is 5.48 Å². The van der Waals surface area contributed by atoms with E-state index in [2.05, 4.69) is 6.07 Å². The Kier molecular flexibility index (Phi) is 4.76. The van der Waals surface area contributed by atoms with Gasteiger partial charge in [0, 0.05) is 33.2 Å². The zero-order chi connectivity index (χ0) is 40.9. The maximum Gasteiger partial charge on any atom is 0.143 e. The van der Waals surface area contributed by atoms with Crippen LogP contribution in [0.25, 0.3) is 76.5 Å². The average molecular weight is 647 g/mol. The summed E-state index contributed by atoms with van der Waals surface area (Å²) in [5, 5.41) is 7.90. The van der Waals surface area contributed by atoms with Crippen LogP contribution in [0.15, 0.2) is 192 Å². The number of hydrogen-bond acceptors (Lipinski definition) is 2. The molecule has 234 valence electrons. The Labute approximate surface area is 302 Å². The number of para-hydroxylation sites is 1. The van der Waals surface area contributed by atoms with Crippen molar-refractivity contribution in [2.75, 3.05) is 4.90 Å². The van der Waals surface area contributed by atoms with Crippen molar-refractivity contribution in [1.82, 2.24) is 0 Å². The predicted molar refractivity (Wildman–Crippen MR) is 212 cm³/mol. The molecule has 0 fully saturated rings. The van der Waals surface area contributed by atoms with Gasteiger partial charge in [-0.3, -0.25) is 0 Å². The molecule has 0 unspecified atom stereocenters. The number of nitrogens with zero attached hydrogens (tertiary/aromatic N) is 1. The summed E-state index contributed by atoms with van der Waals surface area (Å²) < 4.78 is 87.1. The number of anilines is 3. The molecule has 9 aromatic carbocycles. The van der Waals surface area contributed by atoms with E-state index in [1.165, 1.54) is 4.90 Å². The zero-order valence-electron chi connectivity index (χ0n) is 35.6. The highest BCUT2D eigenvalue weighted by molar-refractivity contribution is 6.19. The molecular weight excluding hydrogens is 607 g/mol. The second-order valence-electron chi connectivity index (χ2n) is 12.2. The third kappa shape index (κ3) is 4.65. The summed E-state index contributed by atoms with van der Waals surface area (Å²) in [7, 11) is 0. The molecule has 10 rings (SSSR count). The van der Waals surface area contributed by atoms with Gasteiger partial charge in [0.15, 0.2) is 0 Å². The van der Waals surface area contributed by atoms with Gasteiger partial charge >= 0.3 is 0 Å². The van der Waals surface area contributed by atoms with Crippen molar-refractivity contribution >= 4 is 71.3 Å². The summed E-state index contributed by atoms with van der Waals surface area (Å²) in [5.41, 5.74) is 3.47. The van der Waals surface area contributed by atoms with Crippen molar-refractivity contribution in [2.24, 2.45) is 0 Å². The van der Waals surface area contributed by atoms with Crippen molar-refractivity contribution in [3.63, 3.8) is 0 Å². The van der Waals surface area contributed by atoms with Gasteiger partial charge in [0.2, 0.25) is 0 Å². The lowest BCUT2D eigenvalue weighted by Crippen LogP contribution is -2.09. The first-order valence-electron chi connectivity index (χ1n) is 20.9. The summed E-state index contributed by atoms with van der Waals surface area (Å²) in [5.74, 6) is 0. The van der Waals surface area contributed by atoms with Gasteiger partial charge in [0.1, 0.15) is 11.2 Å². The Morgan fingerprint density at radius 1 is 0.420 bits per heavy atom. The number of benzene rings is 9. The molecule has 1 heterocycles. The molecular formula is C48H31NO. The van der Waals surface area contributed by atoms with Gasteiger partial charge in [0.05, 0.1) is 12.3 Å². The first-order chi connectivity index (χ1) is 28.5. The van der Waals surface area contributed by atoms with Gasteiger partial charge in [0.25, 0.3) is 0 Å². The quantitative estimate of drug-likeness (QED) is 0.173. The van der Waals surface area contributed by atoms with E-state index in [4.69, 9.17) is 11.3 Å². The molecule has 0 N–H and O–H groups in total. The number of furan rings is 1. The molecule has 0 aliphatic rings. The fourth-order valence-corrected chi connectivity index (χ4v) is 7.04. The summed E-state index contributed by atoms with van der Waals surface area (Å²) >= 11 is 0. The lowest BCUT2D eigenvalue weighted by molar-refractivity contribution is 0.673. The van der Waals surface area contributed by atoms with Gasteiger partial charge in [-0.15, -0.1) is 0 Å². The normalized spacial score (nSPS) is 14.1. The summed E-state index contributed by atoms with van der Waals surface area (Å²) in [4.78, 5) is 1.25. The number of hydrogen-bond donors (Lipinski definition) is 0. The van der Waals surface area contributed by atoms with Crippen LogP contribution in [0.5, 0.6) is 0 Å². The molecule has 0 aliphatic heterocycles. The predicted octanol–water partition coefficient (Wildman–Crippen LogP) is 13.8. The summed E-state index contributed by atoms with van der Waals surface area (Å²) in [6.07, 6.45) is 0. The molecule has 10 aromatic rings. The smallest absolute Gasteiger partial charge is 0.143 e. The van der Waals surface area contributed by atoms with Gasteiger partial charge in [-0.25, -0.2) is 0 Å². The summed E-state index contributed by atoms with van der Waals surface area (Å²) in [6.45, 7) is 0. The van der Waals surface area contributed by atoms with Crippen LogP contribution in [0, 0.1) is 0 Å². The van der Waals surface area contributed by atoms with Crippen LogP contribution < -0.4 is 4.90 Å². The Balaban J connectivity index is 1.16. The summed E-state index contributed by atoms with van der Waals surface area (Å²) in [6, 6.07) is 38.1. The molecule has 0 radical (unpaired) electrons. The van der Waals surface area contributed by atoms with Crippen LogP contribution in [0.3, 0.4) is 0 Å². The third-order valence-corrected chi connectivity index (χ3v) is 9.40. The van der Waals surface area contributed by atoms with Crippen molar-refractivity contribution < 1.29 is 16.8 Å². The van der Waals surface area contributed by atoms with Gasteiger partial charge in [-0.05, 0) is 104 Å². The zero-order valence-corrected chi connectivity index (χ0v) is 26.6. The Morgan fingerprint density at radius 3 is 1.88 bits per heavy atom. The van der Waals surface area contributed by atoms with Crippen LogP contribution in [0.2, 0.25) is 0 Å². The molecule has 2 nitrogen and oxygen atoms in total. The number of rotatable bonds is 5. The SMILES string of the molecule is [2H]c1c([2H])c([2H])c(N(c2ccc(-c3cccc4oc5c6ccccc6ccc5c34)cc2)c2c([2H])c([2H])c(-c3ccc4c(ccc5ccccc54)c3)c([2H])c2[2H])c([2H])c1[2H]. The molecule has 0 atom stereocenters. The standard InChI is InChI=1S/C48H31NO/c1-2-11-38(12-3-1)49(39-25-19-32(20-26-39)36-24-29-42-37(31-36)18-17-33-9-4-6-13-41(33)42)40-27-21-35(22-28-40)43-15-8-16-46-47(43)45-30-23-34-10-5-7-14-44(34)48(45)50-46/h1-31H/i1D,2D,3D,11D,12D,19D,20D,25D,26D. The van der Waals surface area contributed by atoms with Crippen LogP contribution in [-0.2, 0) is 0 Å². The minimum absolute atomic E-state index is 0.0865. The fraction of sp³-hybridized carbons (Fsp3) is 0. The maximum absolute atomic E-state index is 9.40. The first-order valence-corrected chi connectivity index (χ1v) is 16.4. The molecule has 2 heteroatoms. The molecule has 0 aliphatic carbocycles. The van der Waals surface area contributed by atoms with Gasteiger partial charge in [-0.2, -0.15) is 0 Å². The molecule has 0 amide bonds. The second kappa shape index (κ2) is 11.5. The highest BCUT2D eigenvalue weighted by atomic mass is 16.3. The molecule has 0 spiro atoms. The molecule has 1 aromatic heterocycles. The van der Waals surface area contributed by atoms with Crippen LogP contribution >= 0.6 is 0 Å². The fourth-order valence-electron chi connectivity index (χ4n) is 7.04. The van der Waals surface area contributed by atoms with Crippen LogP contribution in [0.1, 0.15) is 12.3 Å². The van der Waals surface area contributed by atoms with E-state index in [0.29, 0.717) is 11.1 Å².